The molecule has 3 heteroatoms. The van der Waals surface area contributed by atoms with Crippen LogP contribution in [0.3, 0.4) is 0 Å². The van der Waals surface area contributed by atoms with E-state index in [0.29, 0.717) is 5.41 Å². The van der Waals surface area contributed by atoms with Gasteiger partial charge in [0.25, 0.3) is 0 Å². The lowest BCUT2D eigenvalue weighted by molar-refractivity contribution is 0.0903. The molecule has 1 aliphatic heterocycles. The molecule has 0 aromatic carbocycles. The number of hydrogen-bond donors (Lipinski definition) is 1. The first-order chi connectivity index (χ1) is 9.50. The summed E-state index contributed by atoms with van der Waals surface area (Å²) in [5, 5.41) is 3.76. The minimum atomic E-state index is 0.479. The van der Waals surface area contributed by atoms with Crippen molar-refractivity contribution >= 4 is 11.8 Å². The number of nitrogens with zero attached hydrogens (tertiary/aromatic N) is 1. The van der Waals surface area contributed by atoms with Gasteiger partial charge in [-0.25, -0.2) is 0 Å². The molecule has 0 bridgehead atoms. The smallest absolute Gasteiger partial charge is 0.0108 e. The molecule has 2 rings (SSSR count). The molecular formula is C17H34N2S. The maximum atomic E-state index is 3.76. The van der Waals surface area contributed by atoms with Gasteiger partial charge in [-0.3, -0.25) is 0 Å². The van der Waals surface area contributed by atoms with Crippen LogP contribution in [0, 0.1) is 17.3 Å². The van der Waals surface area contributed by atoms with E-state index in [1.54, 1.807) is 0 Å². The molecule has 2 fully saturated rings. The van der Waals surface area contributed by atoms with Crippen LogP contribution in [0.1, 0.15) is 47.0 Å². The van der Waals surface area contributed by atoms with Crippen LogP contribution in [0.2, 0.25) is 0 Å². The molecule has 3 atom stereocenters. The van der Waals surface area contributed by atoms with Gasteiger partial charge in [0.1, 0.15) is 0 Å². The fourth-order valence-corrected chi connectivity index (χ4v) is 4.88. The van der Waals surface area contributed by atoms with Crippen LogP contribution in [0.25, 0.3) is 0 Å². The van der Waals surface area contributed by atoms with Crippen LogP contribution in [0.5, 0.6) is 0 Å². The van der Waals surface area contributed by atoms with Gasteiger partial charge in [-0.1, -0.05) is 27.7 Å². The summed E-state index contributed by atoms with van der Waals surface area (Å²) in [6, 6.07) is 0.758. The van der Waals surface area contributed by atoms with Crippen molar-refractivity contribution < 1.29 is 0 Å². The summed E-state index contributed by atoms with van der Waals surface area (Å²) in [6.45, 7) is 14.6. The highest BCUT2D eigenvalue weighted by molar-refractivity contribution is 7.99. The predicted octanol–water partition coefficient (Wildman–Crippen LogP) is 3.48. The molecule has 0 aromatic rings. The van der Waals surface area contributed by atoms with E-state index in [1.807, 2.05) is 0 Å². The Balaban J connectivity index is 1.94. The van der Waals surface area contributed by atoms with Crippen LogP contribution in [0.15, 0.2) is 0 Å². The third-order valence-corrected chi connectivity index (χ3v) is 6.21. The van der Waals surface area contributed by atoms with Crippen molar-refractivity contribution in [2.75, 3.05) is 37.7 Å². The summed E-state index contributed by atoms with van der Waals surface area (Å²) in [5.41, 5.74) is 0.479. The van der Waals surface area contributed by atoms with Crippen molar-refractivity contribution in [3.8, 4) is 0 Å². The first-order valence-electron chi connectivity index (χ1n) is 8.54. The number of nitrogens with one attached hydrogen (secondary N) is 1. The molecule has 0 amide bonds. The zero-order valence-corrected chi connectivity index (χ0v) is 14.8. The average Bonchev–Trinajstić information content (AvgIpc) is 2.41. The molecule has 1 N–H and O–H groups in total. The quantitative estimate of drug-likeness (QED) is 0.855. The Bertz CT molecular complexity index is 281. The highest BCUT2D eigenvalue weighted by Crippen LogP contribution is 2.40. The molecule has 0 spiro atoms. The summed E-state index contributed by atoms with van der Waals surface area (Å²) in [6.07, 6.45) is 4.21. The topological polar surface area (TPSA) is 15.3 Å². The van der Waals surface area contributed by atoms with Crippen LogP contribution in [0.4, 0.5) is 0 Å². The Morgan fingerprint density at radius 3 is 2.45 bits per heavy atom. The van der Waals surface area contributed by atoms with Crippen LogP contribution >= 0.6 is 11.8 Å². The van der Waals surface area contributed by atoms with Gasteiger partial charge < -0.3 is 10.2 Å². The Morgan fingerprint density at radius 2 is 1.85 bits per heavy atom. The zero-order valence-electron chi connectivity index (χ0n) is 14.0. The van der Waals surface area contributed by atoms with E-state index >= 15 is 0 Å². The molecule has 20 heavy (non-hydrogen) atoms. The maximum Gasteiger partial charge on any atom is 0.0108 e. The molecule has 1 saturated heterocycles. The van der Waals surface area contributed by atoms with Crippen molar-refractivity contribution in [3.05, 3.63) is 0 Å². The number of rotatable bonds is 4. The first-order valence-corrected chi connectivity index (χ1v) is 9.69. The average molecular weight is 299 g/mol. The lowest BCUT2D eigenvalue weighted by Crippen LogP contribution is -2.48. The van der Waals surface area contributed by atoms with Crippen LogP contribution in [-0.4, -0.2) is 48.6 Å². The van der Waals surface area contributed by atoms with Gasteiger partial charge in [0.15, 0.2) is 0 Å². The molecule has 0 radical (unpaired) electrons. The highest BCUT2D eigenvalue weighted by Gasteiger charge is 2.36. The van der Waals surface area contributed by atoms with Crippen molar-refractivity contribution in [2.45, 2.75) is 53.0 Å². The van der Waals surface area contributed by atoms with Gasteiger partial charge in [0.2, 0.25) is 0 Å². The lowest BCUT2D eigenvalue weighted by atomic mass is 9.67. The highest BCUT2D eigenvalue weighted by atomic mass is 32.2. The third kappa shape index (κ3) is 4.64. The summed E-state index contributed by atoms with van der Waals surface area (Å²) in [4.78, 5) is 2.72. The van der Waals surface area contributed by atoms with E-state index in [4.69, 9.17) is 0 Å². The van der Waals surface area contributed by atoms with Gasteiger partial charge in [0, 0.05) is 37.2 Å². The fraction of sp³-hybridized carbons (Fsp3) is 1.00. The largest absolute Gasteiger partial charge is 0.314 e. The van der Waals surface area contributed by atoms with E-state index in [-0.39, 0.29) is 0 Å². The Morgan fingerprint density at radius 1 is 1.15 bits per heavy atom. The first kappa shape index (κ1) is 16.6. The van der Waals surface area contributed by atoms with Gasteiger partial charge in [-0.05, 0) is 43.1 Å². The maximum absolute atomic E-state index is 3.76. The van der Waals surface area contributed by atoms with Gasteiger partial charge >= 0.3 is 0 Å². The SMILES string of the molecule is CCNC1CCC(C(C)(C)C)CC1CN1CCSCC1. The van der Waals surface area contributed by atoms with Gasteiger partial charge in [-0.2, -0.15) is 11.8 Å². The van der Waals surface area contributed by atoms with Crippen LogP contribution in [-0.2, 0) is 0 Å². The van der Waals surface area contributed by atoms with Crippen molar-refractivity contribution in [3.63, 3.8) is 0 Å². The van der Waals surface area contributed by atoms with Crippen molar-refractivity contribution in [2.24, 2.45) is 17.3 Å². The fourth-order valence-electron chi connectivity index (χ4n) is 3.90. The van der Waals surface area contributed by atoms with E-state index in [1.165, 1.54) is 50.4 Å². The molecule has 1 saturated carbocycles. The summed E-state index contributed by atoms with van der Waals surface area (Å²) in [5.74, 6) is 4.43. The second-order valence-corrected chi connectivity index (χ2v) is 8.94. The zero-order chi connectivity index (χ0) is 14.6. The van der Waals surface area contributed by atoms with E-state index < -0.39 is 0 Å². The summed E-state index contributed by atoms with van der Waals surface area (Å²) in [7, 11) is 0. The molecule has 3 unspecified atom stereocenters. The minimum absolute atomic E-state index is 0.479. The Kier molecular flexibility index (Phi) is 6.25. The van der Waals surface area contributed by atoms with Gasteiger partial charge in [-0.15, -0.1) is 0 Å². The molecule has 2 aliphatic rings. The molecule has 1 aliphatic carbocycles. The molecule has 0 aromatic heterocycles. The second kappa shape index (κ2) is 7.51. The molecule has 2 nitrogen and oxygen atoms in total. The minimum Gasteiger partial charge on any atom is -0.314 e. The van der Waals surface area contributed by atoms with E-state index in [0.717, 1.165) is 24.4 Å². The normalized spacial score (nSPS) is 33.3. The Hall–Kier alpha value is 0.270. The standard InChI is InChI=1S/C17H34N2S/c1-5-18-16-7-6-15(17(2,3)4)12-14(16)13-19-8-10-20-11-9-19/h14-16,18H,5-13H2,1-4H3. The third-order valence-electron chi connectivity index (χ3n) is 5.27. The van der Waals surface area contributed by atoms with Crippen molar-refractivity contribution in [1.29, 1.82) is 0 Å². The van der Waals surface area contributed by atoms with Crippen molar-refractivity contribution in [1.82, 2.24) is 10.2 Å². The van der Waals surface area contributed by atoms with E-state index in [9.17, 15) is 0 Å². The van der Waals surface area contributed by atoms with Gasteiger partial charge in [0.05, 0.1) is 0 Å². The predicted molar refractivity (Wildman–Crippen MR) is 91.5 cm³/mol. The molecular weight excluding hydrogens is 264 g/mol. The monoisotopic (exact) mass is 298 g/mol. The summed E-state index contributed by atoms with van der Waals surface area (Å²) < 4.78 is 0. The summed E-state index contributed by atoms with van der Waals surface area (Å²) >= 11 is 2.12. The number of thioether (sulfide) groups is 1. The van der Waals surface area contributed by atoms with E-state index in [2.05, 4.69) is 49.7 Å². The second-order valence-electron chi connectivity index (χ2n) is 7.71. The number of hydrogen-bond acceptors (Lipinski definition) is 3. The molecule has 118 valence electrons. The van der Waals surface area contributed by atoms with Crippen LogP contribution < -0.4 is 5.32 Å². The lowest BCUT2D eigenvalue weighted by Gasteiger charge is -2.44. The Labute approximate surface area is 130 Å². The molecule has 1 heterocycles.